The molecule has 0 aromatic heterocycles. The van der Waals surface area contributed by atoms with Crippen LogP contribution in [-0.4, -0.2) is 34.7 Å². The standard InChI is InChI=1S/C25H31ClO5/c1-17(2)22(25(29)30)10-5-3-4-7-18-11-14-24(28)23(18)13-12-20(27)16-31-21-9-6-8-19(26)15-21/h3-4,6,8-9,11-15,17-18,20,22-23,27H,5,7,10,16H2,1-2H3,(H,29,30)/t18-,20+,22?,23+/m0/s1. The van der Waals surface area contributed by atoms with Crippen LogP contribution in [0.5, 0.6) is 5.75 Å². The number of carboxylic acid groups (broad SMARTS) is 1. The number of hydrogen-bond acceptors (Lipinski definition) is 4. The normalized spacial score (nSPS) is 20.7. The van der Waals surface area contributed by atoms with Gasteiger partial charge in [0, 0.05) is 10.9 Å². The lowest BCUT2D eigenvalue weighted by molar-refractivity contribution is -0.143. The Morgan fingerprint density at radius 1 is 1.29 bits per heavy atom. The van der Waals surface area contributed by atoms with Crippen LogP contribution in [0, 0.1) is 23.7 Å². The highest BCUT2D eigenvalue weighted by atomic mass is 35.5. The molecular weight excluding hydrogens is 416 g/mol. The van der Waals surface area contributed by atoms with Crippen molar-refractivity contribution >= 4 is 23.4 Å². The van der Waals surface area contributed by atoms with Gasteiger partial charge in [0.15, 0.2) is 5.78 Å². The Morgan fingerprint density at radius 2 is 2.06 bits per heavy atom. The molecule has 2 rings (SSSR count). The Bertz CT molecular complexity index is 827. The zero-order valence-electron chi connectivity index (χ0n) is 18.0. The summed E-state index contributed by atoms with van der Waals surface area (Å²) < 4.78 is 5.52. The number of aliphatic hydroxyl groups is 1. The second kappa shape index (κ2) is 12.5. The summed E-state index contributed by atoms with van der Waals surface area (Å²) in [6.45, 7) is 3.90. The summed E-state index contributed by atoms with van der Waals surface area (Å²) >= 11 is 5.91. The minimum atomic E-state index is -0.840. The Balaban J connectivity index is 1.80. The predicted octanol–water partition coefficient (Wildman–Crippen LogP) is 5.09. The van der Waals surface area contributed by atoms with Gasteiger partial charge in [-0.05, 0) is 55.4 Å². The maximum atomic E-state index is 12.2. The zero-order valence-corrected chi connectivity index (χ0v) is 18.7. The van der Waals surface area contributed by atoms with Gasteiger partial charge in [0.25, 0.3) is 0 Å². The molecule has 0 amide bonds. The van der Waals surface area contributed by atoms with Crippen LogP contribution >= 0.6 is 11.6 Å². The van der Waals surface area contributed by atoms with Gasteiger partial charge in [-0.25, -0.2) is 0 Å². The van der Waals surface area contributed by atoms with Crippen molar-refractivity contribution in [3.8, 4) is 5.75 Å². The average Bonchev–Trinajstić information content (AvgIpc) is 3.06. The predicted molar refractivity (Wildman–Crippen MR) is 122 cm³/mol. The van der Waals surface area contributed by atoms with E-state index < -0.39 is 12.1 Å². The van der Waals surface area contributed by atoms with E-state index in [1.165, 1.54) is 0 Å². The average molecular weight is 447 g/mol. The van der Waals surface area contributed by atoms with E-state index in [9.17, 15) is 19.8 Å². The Kier molecular flexibility index (Phi) is 10.0. The highest BCUT2D eigenvalue weighted by Gasteiger charge is 2.27. The fraction of sp³-hybridized carbons (Fsp3) is 0.440. The summed E-state index contributed by atoms with van der Waals surface area (Å²) in [5.74, 6) is -0.688. The number of allylic oxidation sites excluding steroid dienone is 5. The van der Waals surface area contributed by atoms with Crippen LogP contribution in [0.15, 0.2) is 60.7 Å². The van der Waals surface area contributed by atoms with Gasteiger partial charge < -0.3 is 14.9 Å². The van der Waals surface area contributed by atoms with Crippen molar-refractivity contribution in [1.29, 1.82) is 0 Å². The highest BCUT2D eigenvalue weighted by molar-refractivity contribution is 6.30. The molecule has 1 aromatic rings. The molecule has 168 valence electrons. The molecule has 6 heteroatoms. The van der Waals surface area contributed by atoms with Crippen LogP contribution in [0.4, 0.5) is 0 Å². The minimum absolute atomic E-state index is 0.0170. The van der Waals surface area contributed by atoms with Crippen LogP contribution in [0.2, 0.25) is 5.02 Å². The second-order valence-electron chi connectivity index (χ2n) is 8.14. The van der Waals surface area contributed by atoms with E-state index in [1.54, 1.807) is 42.5 Å². The smallest absolute Gasteiger partial charge is 0.306 e. The molecule has 5 nitrogen and oxygen atoms in total. The summed E-state index contributed by atoms with van der Waals surface area (Å²) in [4.78, 5) is 23.4. The quantitative estimate of drug-likeness (QED) is 0.437. The molecule has 4 atom stereocenters. The van der Waals surface area contributed by atoms with Crippen molar-refractivity contribution in [3.05, 3.63) is 65.7 Å². The Labute approximate surface area is 189 Å². The van der Waals surface area contributed by atoms with Gasteiger partial charge in [-0.1, -0.05) is 61.9 Å². The van der Waals surface area contributed by atoms with Gasteiger partial charge in [-0.15, -0.1) is 0 Å². The molecule has 31 heavy (non-hydrogen) atoms. The Morgan fingerprint density at radius 3 is 2.74 bits per heavy atom. The molecule has 1 unspecified atom stereocenters. The van der Waals surface area contributed by atoms with Crippen LogP contribution in [-0.2, 0) is 9.59 Å². The summed E-state index contributed by atoms with van der Waals surface area (Å²) in [5.41, 5.74) is 0. The lowest BCUT2D eigenvalue weighted by Crippen LogP contribution is -2.19. The topological polar surface area (TPSA) is 83.8 Å². The van der Waals surface area contributed by atoms with Crippen LogP contribution in [0.1, 0.15) is 33.1 Å². The van der Waals surface area contributed by atoms with Gasteiger partial charge in [0.1, 0.15) is 18.5 Å². The van der Waals surface area contributed by atoms with Crippen LogP contribution < -0.4 is 4.74 Å². The van der Waals surface area contributed by atoms with Crippen molar-refractivity contribution < 1.29 is 24.5 Å². The summed E-state index contributed by atoms with van der Waals surface area (Å²) in [6, 6.07) is 6.94. The molecule has 0 heterocycles. The summed E-state index contributed by atoms with van der Waals surface area (Å²) in [7, 11) is 0. The van der Waals surface area contributed by atoms with Crippen molar-refractivity contribution in [1.82, 2.24) is 0 Å². The maximum Gasteiger partial charge on any atom is 0.306 e. The lowest BCUT2D eigenvalue weighted by atomic mass is 9.90. The molecule has 0 fully saturated rings. The molecule has 1 aliphatic carbocycles. The maximum absolute atomic E-state index is 12.2. The fourth-order valence-electron chi connectivity index (χ4n) is 3.55. The van der Waals surface area contributed by atoms with Gasteiger partial charge in [0.05, 0.1) is 5.92 Å². The first-order chi connectivity index (χ1) is 14.8. The van der Waals surface area contributed by atoms with Crippen molar-refractivity contribution in [2.24, 2.45) is 23.7 Å². The van der Waals surface area contributed by atoms with Gasteiger partial charge in [0.2, 0.25) is 0 Å². The number of benzene rings is 1. The molecule has 0 aliphatic heterocycles. The third-order valence-corrected chi connectivity index (χ3v) is 5.63. The van der Waals surface area contributed by atoms with Crippen LogP contribution in [0.3, 0.4) is 0 Å². The van der Waals surface area contributed by atoms with E-state index in [4.69, 9.17) is 16.3 Å². The molecule has 1 aromatic carbocycles. The second-order valence-corrected chi connectivity index (χ2v) is 8.58. The number of carbonyl (C=O) groups is 2. The largest absolute Gasteiger partial charge is 0.491 e. The monoisotopic (exact) mass is 446 g/mol. The highest BCUT2D eigenvalue weighted by Crippen LogP contribution is 2.28. The third-order valence-electron chi connectivity index (χ3n) is 5.40. The number of carboxylic acids is 1. The van der Waals surface area contributed by atoms with Crippen molar-refractivity contribution in [3.63, 3.8) is 0 Å². The first-order valence-electron chi connectivity index (χ1n) is 10.6. The third kappa shape index (κ3) is 8.35. The number of hydrogen-bond donors (Lipinski definition) is 2. The van der Waals surface area contributed by atoms with Gasteiger partial charge >= 0.3 is 5.97 Å². The fourth-order valence-corrected chi connectivity index (χ4v) is 3.73. The van der Waals surface area contributed by atoms with Gasteiger partial charge in [-0.2, -0.15) is 0 Å². The SMILES string of the molecule is CC(C)C(CCC=CC[C@H]1C=CC(=O)[C@@H]1C=C[C@@H](O)COc1cccc(Cl)c1)C(=O)O. The number of ketones is 1. The zero-order chi connectivity index (χ0) is 22.8. The van der Waals surface area contributed by atoms with E-state index in [-0.39, 0.29) is 36.1 Å². The molecule has 1 aliphatic rings. The lowest BCUT2D eigenvalue weighted by Gasteiger charge is -2.15. The minimum Gasteiger partial charge on any atom is -0.491 e. The van der Waals surface area contributed by atoms with E-state index in [1.807, 2.05) is 32.1 Å². The number of ether oxygens (including phenoxy) is 1. The molecular formula is C25H31ClO5. The molecule has 0 spiro atoms. The summed E-state index contributed by atoms with van der Waals surface area (Å²) in [6.07, 6.45) is 12.0. The van der Waals surface area contributed by atoms with Gasteiger partial charge in [-0.3, -0.25) is 9.59 Å². The molecule has 2 N–H and O–H groups in total. The molecule has 0 radical (unpaired) electrons. The van der Waals surface area contributed by atoms with E-state index in [0.717, 1.165) is 0 Å². The Hall–Kier alpha value is -2.37. The van der Waals surface area contributed by atoms with E-state index in [0.29, 0.717) is 30.0 Å². The number of halogens is 1. The molecule has 0 bridgehead atoms. The first kappa shape index (κ1) is 24.9. The van der Waals surface area contributed by atoms with Crippen molar-refractivity contribution in [2.75, 3.05) is 6.61 Å². The number of aliphatic carboxylic acids is 1. The number of aliphatic hydroxyl groups excluding tert-OH is 1. The summed E-state index contributed by atoms with van der Waals surface area (Å²) in [5, 5.41) is 20.0. The van der Waals surface area contributed by atoms with E-state index in [2.05, 4.69) is 0 Å². The molecule has 0 saturated carbocycles. The van der Waals surface area contributed by atoms with Crippen LogP contribution in [0.25, 0.3) is 0 Å². The number of carbonyl (C=O) groups excluding carboxylic acids is 1. The van der Waals surface area contributed by atoms with E-state index >= 15 is 0 Å². The number of rotatable bonds is 12. The first-order valence-corrected chi connectivity index (χ1v) is 11.0. The molecule has 0 saturated heterocycles. The van der Waals surface area contributed by atoms with Crippen molar-refractivity contribution in [2.45, 2.75) is 39.2 Å².